The first kappa shape index (κ1) is 26.9. The molecule has 4 rings (SSSR count). The SMILES string of the molecule is COc1cc2nc(C)nc(N[C@H](C)c3cccc(C(F)(F)F)c3F)c2cc1OC[C@@H](C)N(C)CC1CC1. The predicted octanol–water partition coefficient (Wildman–Crippen LogP) is 6.39. The fourth-order valence-electron chi connectivity index (χ4n) is 4.25. The molecule has 37 heavy (non-hydrogen) atoms. The van der Waals surface area contributed by atoms with Crippen molar-refractivity contribution in [1.82, 2.24) is 14.9 Å². The van der Waals surface area contributed by atoms with Gasteiger partial charge in [0.2, 0.25) is 0 Å². The number of nitrogens with one attached hydrogen (secondary N) is 1. The van der Waals surface area contributed by atoms with Crippen molar-refractivity contribution < 1.29 is 27.0 Å². The van der Waals surface area contributed by atoms with E-state index in [1.165, 1.54) is 25.0 Å². The van der Waals surface area contributed by atoms with Gasteiger partial charge >= 0.3 is 6.18 Å². The quantitative estimate of drug-likeness (QED) is 0.313. The van der Waals surface area contributed by atoms with E-state index in [1.54, 1.807) is 33.1 Å². The molecular weight excluding hydrogens is 488 g/mol. The van der Waals surface area contributed by atoms with Gasteiger partial charge in [0.15, 0.2) is 11.5 Å². The first-order valence-electron chi connectivity index (χ1n) is 12.3. The van der Waals surface area contributed by atoms with Crippen LogP contribution in [0.5, 0.6) is 11.5 Å². The molecule has 1 saturated carbocycles. The molecule has 1 heterocycles. The molecule has 0 aliphatic heterocycles. The maximum Gasteiger partial charge on any atom is 0.419 e. The fourth-order valence-corrected chi connectivity index (χ4v) is 4.25. The third-order valence-corrected chi connectivity index (χ3v) is 6.72. The Labute approximate surface area is 214 Å². The van der Waals surface area contributed by atoms with Gasteiger partial charge in [-0.15, -0.1) is 0 Å². The largest absolute Gasteiger partial charge is 0.493 e. The summed E-state index contributed by atoms with van der Waals surface area (Å²) in [4.78, 5) is 11.2. The Morgan fingerprint density at radius 1 is 1.14 bits per heavy atom. The molecule has 6 nitrogen and oxygen atoms in total. The number of aryl methyl sites for hydroxylation is 1. The number of halogens is 4. The molecule has 1 aliphatic rings. The summed E-state index contributed by atoms with van der Waals surface area (Å²) < 4.78 is 66.1. The molecule has 1 fully saturated rings. The van der Waals surface area contributed by atoms with Crippen LogP contribution in [0.2, 0.25) is 0 Å². The minimum atomic E-state index is -4.79. The second-order valence-corrected chi connectivity index (χ2v) is 9.76. The van der Waals surface area contributed by atoms with E-state index in [0.29, 0.717) is 40.7 Å². The first-order chi connectivity index (χ1) is 17.5. The summed E-state index contributed by atoms with van der Waals surface area (Å²) in [6.45, 7) is 6.85. The van der Waals surface area contributed by atoms with Gasteiger partial charge in [-0.3, -0.25) is 0 Å². The van der Waals surface area contributed by atoms with E-state index in [0.717, 1.165) is 18.5 Å². The number of hydrogen-bond acceptors (Lipinski definition) is 6. The lowest BCUT2D eigenvalue weighted by Crippen LogP contribution is -2.35. The molecule has 10 heteroatoms. The van der Waals surface area contributed by atoms with E-state index >= 15 is 0 Å². The van der Waals surface area contributed by atoms with Crippen LogP contribution in [-0.2, 0) is 6.18 Å². The van der Waals surface area contributed by atoms with Gasteiger partial charge < -0.3 is 19.7 Å². The number of methoxy groups -OCH3 is 1. The molecule has 3 aromatic rings. The molecule has 0 unspecified atom stereocenters. The summed E-state index contributed by atoms with van der Waals surface area (Å²) >= 11 is 0. The van der Waals surface area contributed by atoms with Crippen molar-refractivity contribution in [3.05, 3.63) is 53.1 Å². The van der Waals surface area contributed by atoms with Crippen molar-refractivity contribution in [2.24, 2.45) is 5.92 Å². The second kappa shape index (κ2) is 10.7. The number of aromatic nitrogens is 2. The third-order valence-electron chi connectivity index (χ3n) is 6.72. The number of alkyl halides is 3. The second-order valence-electron chi connectivity index (χ2n) is 9.76. The van der Waals surface area contributed by atoms with Crippen LogP contribution in [0.15, 0.2) is 30.3 Å². The normalized spacial score (nSPS) is 15.6. The lowest BCUT2D eigenvalue weighted by molar-refractivity contribution is -0.140. The highest BCUT2D eigenvalue weighted by Crippen LogP contribution is 2.37. The van der Waals surface area contributed by atoms with Crippen molar-refractivity contribution in [2.45, 2.75) is 51.9 Å². The number of rotatable bonds is 10. The number of hydrogen-bond donors (Lipinski definition) is 1. The Bertz CT molecular complexity index is 1260. The topological polar surface area (TPSA) is 59.5 Å². The van der Waals surface area contributed by atoms with Crippen molar-refractivity contribution >= 4 is 16.7 Å². The van der Waals surface area contributed by atoms with Crippen molar-refractivity contribution in [3.63, 3.8) is 0 Å². The molecule has 0 saturated heterocycles. The molecule has 0 radical (unpaired) electrons. The van der Waals surface area contributed by atoms with E-state index in [9.17, 15) is 17.6 Å². The first-order valence-corrected chi connectivity index (χ1v) is 12.3. The summed E-state index contributed by atoms with van der Waals surface area (Å²) in [5.74, 6) is 1.26. The zero-order valence-corrected chi connectivity index (χ0v) is 21.6. The molecule has 0 spiro atoms. The molecular formula is C27H32F4N4O2. The smallest absolute Gasteiger partial charge is 0.419 e. The summed E-state index contributed by atoms with van der Waals surface area (Å²) in [5, 5.41) is 3.66. The molecule has 2 aromatic carbocycles. The van der Waals surface area contributed by atoms with Gasteiger partial charge in [-0.25, -0.2) is 14.4 Å². The third kappa shape index (κ3) is 6.23. The number of benzene rings is 2. The van der Waals surface area contributed by atoms with Crippen LogP contribution >= 0.6 is 0 Å². The van der Waals surface area contributed by atoms with E-state index in [2.05, 4.69) is 34.2 Å². The highest BCUT2D eigenvalue weighted by molar-refractivity contribution is 5.92. The van der Waals surface area contributed by atoms with Crippen molar-refractivity contribution in [1.29, 1.82) is 0 Å². The van der Waals surface area contributed by atoms with E-state index in [4.69, 9.17) is 9.47 Å². The van der Waals surface area contributed by atoms with Gasteiger partial charge in [0.25, 0.3) is 0 Å². The van der Waals surface area contributed by atoms with E-state index < -0.39 is 23.6 Å². The van der Waals surface area contributed by atoms with Gasteiger partial charge in [-0.05, 0) is 58.7 Å². The number of nitrogens with zero attached hydrogens (tertiary/aromatic N) is 3. The predicted molar refractivity (Wildman–Crippen MR) is 135 cm³/mol. The summed E-state index contributed by atoms with van der Waals surface area (Å²) in [5.41, 5.74) is -0.852. The van der Waals surface area contributed by atoms with Crippen LogP contribution in [0.25, 0.3) is 10.9 Å². The minimum absolute atomic E-state index is 0.114. The number of ether oxygens (including phenoxy) is 2. The average Bonchev–Trinajstić information content (AvgIpc) is 3.65. The Balaban J connectivity index is 1.62. The average molecular weight is 521 g/mol. The van der Waals surface area contributed by atoms with Crippen molar-refractivity contribution in [3.8, 4) is 11.5 Å². The minimum Gasteiger partial charge on any atom is -0.493 e. The maximum absolute atomic E-state index is 14.8. The van der Waals surface area contributed by atoms with Crippen LogP contribution in [0, 0.1) is 18.7 Å². The Hall–Kier alpha value is -3.14. The molecule has 0 amide bonds. The van der Waals surface area contributed by atoms with E-state index in [1.807, 2.05) is 0 Å². The maximum atomic E-state index is 14.8. The van der Waals surface area contributed by atoms with Gasteiger partial charge in [0.05, 0.1) is 24.2 Å². The number of fused-ring (bicyclic) bond motifs is 1. The number of anilines is 1. The standard InChI is InChI=1S/C27H32F4N4O2/c1-15(35(4)13-18-9-10-18)14-37-24-11-20-22(12-23(24)36-5)33-17(3)34-26(20)32-16(2)19-7-6-8-21(25(19)28)27(29,30)31/h6-8,11-12,15-16,18H,9-10,13-14H2,1-5H3,(H,32,33,34)/t15-,16-/m1/s1. The zero-order chi connectivity index (χ0) is 26.9. The lowest BCUT2D eigenvalue weighted by Gasteiger charge is -2.25. The summed E-state index contributed by atoms with van der Waals surface area (Å²) in [6, 6.07) is 6.11. The zero-order valence-electron chi connectivity index (χ0n) is 21.6. The van der Waals surface area contributed by atoms with Gasteiger partial charge in [-0.1, -0.05) is 12.1 Å². The molecule has 1 N–H and O–H groups in total. The van der Waals surface area contributed by atoms with Gasteiger partial charge in [-0.2, -0.15) is 13.2 Å². The van der Waals surface area contributed by atoms with Crippen LogP contribution in [0.1, 0.15) is 49.7 Å². The highest BCUT2D eigenvalue weighted by Gasteiger charge is 2.35. The monoisotopic (exact) mass is 520 g/mol. The Kier molecular flexibility index (Phi) is 7.77. The van der Waals surface area contributed by atoms with Crippen LogP contribution < -0.4 is 14.8 Å². The summed E-state index contributed by atoms with van der Waals surface area (Å²) in [6.07, 6.45) is -2.24. The van der Waals surface area contributed by atoms with Crippen molar-refractivity contribution in [2.75, 3.05) is 32.6 Å². The van der Waals surface area contributed by atoms with Crippen LogP contribution in [0.3, 0.4) is 0 Å². The lowest BCUT2D eigenvalue weighted by atomic mass is 10.0. The molecule has 200 valence electrons. The summed E-state index contributed by atoms with van der Waals surface area (Å²) in [7, 11) is 3.62. The Morgan fingerprint density at radius 3 is 2.51 bits per heavy atom. The Morgan fingerprint density at radius 2 is 1.86 bits per heavy atom. The molecule has 0 bridgehead atoms. The van der Waals surface area contributed by atoms with Crippen LogP contribution in [0.4, 0.5) is 23.4 Å². The molecule has 1 aliphatic carbocycles. The molecule has 2 atom stereocenters. The molecule has 1 aromatic heterocycles. The van der Waals surface area contributed by atoms with E-state index in [-0.39, 0.29) is 11.6 Å². The fraction of sp³-hybridized carbons (Fsp3) is 0.481. The van der Waals surface area contributed by atoms with Gasteiger partial charge in [0.1, 0.15) is 24.1 Å². The highest BCUT2D eigenvalue weighted by atomic mass is 19.4. The number of likely N-dealkylation sites (N-methyl/N-ethyl adjacent to an activating group) is 1. The van der Waals surface area contributed by atoms with Crippen LogP contribution in [-0.4, -0.2) is 48.2 Å². The van der Waals surface area contributed by atoms with Gasteiger partial charge in [0, 0.05) is 29.6 Å².